The van der Waals surface area contributed by atoms with E-state index in [1.807, 2.05) is 18.3 Å². The summed E-state index contributed by atoms with van der Waals surface area (Å²) in [7, 11) is 0. The zero-order valence-electron chi connectivity index (χ0n) is 21.0. The van der Waals surface area contributed by atoms with Gasteiger partial charge in [0.1, 0.15) is 35.6 Å². The second-order valence-electron chi connectivity index (χ2n) is 9.01. The lowest BCUT2D eigenvalue weighted by Gasteiger charge is -2.40. The zero-order valence-corrected chi connectivity index (χ0v) is 21.8. The van der Waals surface area contributed by atoms with Crippen LogP contribution in [0.5, 0.6) is 0 Å². The predicted molar refractivity (Wildman–Crippen MR) is 140 cm³/mol. The van der Waals surface area contributed by atoms with E-state index in [4.69, 9.17) is 5.26 Å². The van der Waals surface area contributed by atoms with Crippen LogP contribution in [0.4, 0.5) is 8.78 Å². The van der Waals surface area contributed by atoms with Gasteiger partial charge in [-0.2, -0.15) is 10.4 Å². The van der Waals surface area contributed by atoms with E-state index in [2.05, 4.69) is 21.1 Å². The molecule has 0 saturated carbocycles. The number of benzene rings is 2. The third-order valence-electron chi connectivity index (χ3n) is 6.70. The molecule has 2 aromatic carbocycles. The second kappa shape index (κ2) is 10.4. The van der Waals surface area contributed by atoms with E-state index in [0.717, 1.165) is 16.5 Å². The molecule has 0 aliphatic heterocycles. The summed E-state index contributed by atoms with van der Waals surface area (Å²) in [5.74, 6) is -2.18. The summed E-state index contributed by atoms with van der Waals surface area (Å²) in [5, 5.41) is 24.9. The maximum atomic E-state index is 15.0. The predicted octanol–water partition coefficient (Wildman–Crippen LogP) is 4.24. The number of nitriles is 1. The molecule has 0 aliphatic rings. The largest absolute Gasteiger partial charge is 0.381 e. The molecule has 0 saturated heterocycles. The number of fused-ring (bicyclic) bond motifs is 1. The Morgan fingerprint density at radius 1 is 1.23 bits per heavy atom. The average Bonchev–Trinajstić information content (AvgIpc) is 3.66. The van der Waals surface area contributed by atoms with E-state index < -0.39 is 29.2 Å². The number of hydrogen-bond acceptors (Lipinski definition) is 7. The number of likely N-dealkylation sites (N-methyl/N-ethyl adjacent to an activating group) is 1. The van der Waals surface area contributed by atoms with E-state index in [0.29, 0.717) is 16.6 Å². The summed E-state index contributed by atoms with van der Waals surface area (Å²) in [6.45, 7) is 3.30. The van der Waals surface area contributed by atoms with Gasteiger partial charge in [-0.15, -0.1) is 0 Å². The first-order valence-corrected chi connectivity index (χ1v) is 12.9. The number of halogens is 2. The number of aromatic nitrogens is 5. The number of carbonyl (C=O) groups excluding carboxylic acids is 1. The lowest BCUT2D eigenvalue weighted by atomic mass is 9.85. The van der Waals surface area contributed by atoms with Crippen molar-refractivity contribution in [2.24, 2.45) is 0 Å². The number of amides is 1. The fourth-order valence-corrected chi connectivity index (χ4v) is 5.56. The third-order valence-corrected chi connectivity index (χ3v) is 7.75. The molecule has 3 aromatic heterocycles. The maximum absolute atomic E-state index is 15.0. The molecular weight excluding hydrogens is 524 g/mol. The van der Waals surface area contributed by atoms with Crippen LogP contribution in [0, 0.1) is 23.0 Å². The summed E-state index contributed by atoms with van der Waals surface area (Å²) < 4.78 is 31.7. The topological polar surface area (TPSA) is 112 Å². The van der Waals surface area contributed by atoms with Crippen LogP contribution in [-0.2, 0) is 12.1 Å². The van der Waals surface area contributed by atoms with Crippen molar-refractivity contribution >= 4 is 22.2 Å². The quantitative estimate of drug-likeness (QED) is 0.311. The van der Waals surface area contributed by atoms with Crippen molar-refractivity contribution < 1.29 is 18.7 Å². The first-order chi connectivity index (χ1) is 18.7. The van der Waals surface area contributed by atoms with Crippen molar-refractivity contribution in [3.63, 3.8) is 0 Å². The number of carbonyl (C=O) groups is 1. The van der Waals surface area contributed by atoms with Crippen molar-refractivity contribution in [2.75, 3.05) is 6.54 Å². The van der Waals surface area contributed by atoms with Crippen molar-refractivity contribution in [1.29, 1.82) is 5.26 Å². The van der Waals surface area contributed by atoms with E-state index in [1.54, 1.807) is 36.6 Å². The Labute approximate surface area is 226 Å². The molecule has 198 valence electrons. The lowest BCUT2D eigenvalue weighted by Crippen LogP contribution is -2.54. The summed E-state index contributed by atoms with van der Waals surface area (Å²) in [5.41, 5.74) is -0.511. The molecular formula is C27H23F2N7O2S. The minimum Gasteiger partial charge on any atom is -0.381 e. The Morgan fingerprint density at radius 3 is 2.62 bits per heavy atom. The van der Waals surface area contributed by atoms with Gasteiger partial charge in [0, 0.05) is 30.6 Å². The van der Waals surface area contributed by atoms with Crippen LogP contribution in [0.25, 0.3) is 15.4 Å². The first kappa shape index (κ1) is 26.1. The van der Waals surface area contributed by atoms with Gasteiger partial charge in [-0.25, -0.2) is 23.4 Å². The van der Waals surface area contributed by atoms with Crippen LogP contribution in [0.1, 0.15) is 35.5 Å². The summed E-state index contributed by atoms with van der Waals surface area (Å²) in [6, 6.07) is 11.2. The molecule has 3 heterocycles. The van der Waals surface area contributed by atoms with Gasteiger partial charge in [-0.1, -0.05) is 29.5 Å². The molecule has 0 bridgehead atoms. The number of aliphatic hydroxyl groups is 1. The zero-order chi connectivity index (χ0) is 27.7. The molecule has 39 heavy (non-hydrogen) atoms. The highest BCUT2D eigenvalue weighted by molar-refractivity contribution is 7.20. The highest BCUT2D eigenvalue weighted by atomic mass is 32.1. The minimum atomic E-state index is -1.98. The van der Waals surface area contributed by atoms with E-state index >= 15 is 0 Å². The standard InChI is InChI=1S/C27H23F2N7O2S/c1-3-36(17(2)27(38,14-35-16-31-15-32-35)21-9-8-20(28)10-22(21)29)25(37)23-12-34-13-24(39-26(34)33-23)19-6-4-18(11-30)5-7-19/h4-10,12-13,15-17,38H,3,14H2,1-2H3/t17-,27-/m1/s1. The fraction of sp³-hybridized carbons (Fsp3) is 0.222. The molecule has 5 rings (SSSR count). The first-order valence-electron chi connectivity index (χ1n) is 12.0. The Hall–Kier alpha value is -4.47. The number of hydrogen-bond donors (Lipinski definition) is 1. The molecule has 2 atom stereocenters. The van der Waals surface area contributed by atoms with Crippen molar-refractivity contribution in [3.8, 4) is 16.5 Å². The fourth-order valence-electron chi connectivity index (χ4n) is 4.58. The van der Waals surface area contributed by atoms with Gasteiger partial charge >= 0.3 is 0 Å². The highest BCUT2D eigenvalue weighted by Gasteiger charge is 2.43. The van der Waals surface area contributed by atoms with Gasteiger partial charge in [-0.3, -0.25) is 9.20 Å². The van der Waals surface area contributed by atoms with Gasteiger partial charge in [0.25, 0.3) is 5.91 Å². The molecule has 12 heteroatoms. The van der Waals surface area contributed by atoms with E-state index in [9.17, 15) is 18.7 Å². The summed E-state index contributed by atoms with van der Waals surface area (Å²) in [6.07, 6.45) is 6.09. The molecule has 1 N–H and O–H groups in total. The van der Waals surface area contributed by atoms with E-state index in [-0.39, 0.29) is 24.3 Å². The Kier molecular flexibility index (Phi) is 6.94. The summed E-state index contributed by atoms with van der Waals surface area (Å²) in [4.78, 5) is 24.9. The molecule has 0 radical (unpaired) electrons. The van der Waals surface area contributed by atoms with Crippen LogP contribution < -0.4 is 0 Å². The van der Waals surface area contributed by atoms with Gasteiger partial charge in [0.05, 0.1) is 29.1 Å². The van der Waals surface area contributed by atoms with Crippen LogP contribution in [0.3, 0.4) is 0 Å². The molecule has 0 spiro atoms. The number of thiazole rings is 1. The molecule has 9 nitrogen and oxygen atoms in total. The number of rotatable bonds is 8. The number of imidazole rings is 1. The molecule has 0 aliphatic carbocycles. The second-order valence-corrected chi connectivity index (χ2v) is 10.0. The molecule has 0 fully saturated rings. The average molecular weight is 548 g/mol. The van der Waals surface area contributed by atoms with Crippen LogP contribution in [0.15, 0.2) is 67.5 Å². The van der Waals surface area contributed by atoms with E-state index in [1.165, 1.54) is 39.6 Å². The van der Waals surface area contributed by atoms with Gasteiger partial charge in [0.15, 0.2) is 4.96 Å². The van der Waals surface area contributed by atoms with Crippen LogP contribution in [-0.4, -0.2) is 52.6 Å². The lowest BCUT2D eigenvalue weighted by molar-refractivity contribution is -0.0547. The smallest absolute Gasteiger partial charge is 0.274 e. The maximum Gasteiger partial charge on any atom is 0.274 e. The molecule has 1 amide bonds. The van der Waals surface area contributed by atoms with Crippen LogP contribution in [0.2, 0.25) is 0 Å². The highest BCUT2D eigenvalue weighted by Crippen LogP contribution is 2.34. The summed E-state index contributed by atoms with van der Waals surface area (Å²) >= 11 is 1.38. The SMILES string of the molecule is CCN(C(=O)c1cn2cc(-c3ccc(C#N)cc3)sc2n1)[C@H](C)[C@](O)(Cn1cncn1)c1ccc(F)cc1F. The minimum absolute atomic E-state index is 0.156. The monoisotopic (exact) mass is 547 g/mol. The number of nitrogens with zero attached hydrogens (tertiary/aromatic N) is 7. The Bertz CT molecular complexity index is 1640. The van der Waals surface area contributed by atoms with Crippen LogP contribution >= 0.6 is 11.3 Å². The van der Waals surface area contributed by atoms with Gasteiger partial charge < -0.3 is 10.0 Å². The van der Waals surface area contributed by atoms with Crippen molar-refractivity contribution in [3.05, 3.63) is 96.0 Å². The Balaban J connectivity index is 1.46. The van der Waals surface area contributed by atoms with Gasteiger partial charge in [0.2, 0.25) is 0 Å². The molecule has 5 aromatic rings. The van der Waals surface area contributed by atoms with Crippen molar-refractivity contribution in [2.45, 2.75) is 32.0 Å². The normalized spacial score (nSPS) is 13.6. The van der Waals surface area contributed by atoms with Gasteiger partial charge in [-0.05, 0) is 37.6 Å². The molecule has 0 unspecified atom stereocenters. The third kappa shape index (κ3) is 4.89. The van der Waals surface area contributed by atoms with Crippen molar-refractivity contribution in [1.82, 2.24) is 29.0 Å². The Morgan fingerprint density at radius 2 is 2.00 bits per heavy atom.